The molecule has 1 aliphatic rings. The minimum absolute atomic E-state index is 0.279. The van der Waals surface area contributed by atoms with Crippen molar-refractivity contribution < 1.29 is 4.79 Å². The lowest BCUT2D eigenvalue weighted by Crippen LogP contribution is -2.40. The molecule has 0 aromatic rings. The van der Waals surface area contributed by atoms with Gasteiger partial charge in [0.15, 0.2) is 0 Å². The van der Waals surface area contributed by atoms with Crippen LogP contribution in [0.25, 0.3) is 0 Å². The Morgan fingerprint density at radius 2 is 2.20 bits per heavy atom. The van der Waals surface area contributed by atoms with Crippen molar-refractivity contribution in [2.75, 3.05) is 0 Å². The third-order valence-electron chi connectivity index (χ3n) is 3.16. The maximum atomic E-state index is 12.1. The van der Waals surface area contributed by atoms with Gasteiger partial charge in [-0.3, -0.25) is 4.79 Å². The second-order valence-electron chi connectivity index (χ2n) is 4.84. The highest BCUT2D eigenvalue weighted by Gasteiger charge is 2.33. The van der Waals surface area contributed by atoms with Crippen LogP contribution >= 0.6 is 0 Å². The summed E-state index contributed by atoms with van der Waals surface area (Å²) in [6.45, 7) is 10.2. The summed E-state index contributed by atoms with van der Waals surface area (Å²) in [6.07, 6.45) is 5.88. The number of amides is 1. The number of carbonyl (C=O) groups is 1. The van der Waals surface area contributed by atoms with Gasteiger partial charge in [0.05, 0.1) is 6.04 Å². The van der Waals surface area contributed by atoms with Crippen molar-refractivity contribution in [2.45, 2.75) is 58.5 Å². The number of rotatable bonds is 4. The quantitative estimate of drug-likeness (QED) is 0.652. The molecule has 0 aromatic carbocycles. The lowest BCUT2D eigenvalue weighted by atomic mass is 10.1. The molecule has 2 heteroatoms. The molecule has 15 heavy (non-hydrogen) atoms. The third-order valence-corrected chi connectivity index (χ3v) is 3.16. The Bertz CT molecular complexity index is 235. The molecular formula is C13H23NO. The fourth-order valence-electron chi connectivity index (χ4n) is 2.39. The molecule has 0 aliphatic carbocycles. The molecule has 86 valence electrons. The zero-order chi connectivity index (χ0) is 11.4. The summed E-state index contributed by atoms with van der Waals surface area (Å²) in [7, 11) is 0. The van der Waals surface area contributed by atoms with E-state index in [2.05, 4.69) is 32.3 Å². The van der Waals surface area contributed by atoms with Gasteiger partial charge in [-0.25, -0.2) is 0 Å². The van der Waals surface area contributed by atoms with Gasteiger partial charge in [-0.05, 0) is 25.2 Å². The minimum Gasteiger partial charge on any atom is -0.333 e. The van der Waals surface area contributed by atoms with Gasteiger partial charge in [-0.15, -0.1) is 6.58 Å². The highest BCUT2D eigenvalue weighted by molar-refractivity contribution is 5.77. The van der Waals surface area contributed by atoms with E-state index in [-0.39, 0.29) is 6.04 Å². The Labute approximate surface area is 93.3 Å². The van der Waals surface area contributed by atoms with Crippen LogP contribution in [0.4, 0.5) is 0 Å². The Morgan fingerprint density at radius 1 is 1.53 bits per heavy atom. The first-order valence-corrected chi connectivity index (χ1v) is 6.03. The molecule has 0 unspecified atom stereocenters. The largest absolute Gasteiger partial charge is 0.333 e. The smallest absolute Gasteiger partial charge is 0.223 e. The average Bonchev–Trinajstić information content (AvgIpc) is 2.58. The zero-order valence-corrected chi connectivity index (χ0v) is 10.2. The average molecular weight is 209 g/mol. The molecule has 1 heterocycles. The Morgan fingerprint density at radius 3 is 2.67 bits per heavy atom. The molecule has 2 atom stereocenters. The number of carbonyl (C=O) groups excluding carboxylic acids is 1. The van der Waals surface area contributed by atoms with E-state index < -0.39 is 0 Å². The van der Waals surface area contributed by atoms with Gasteiger partial charge in [0.25, 0.3) is 0 Å². The highest BCUT2D eigenvalue weighted by atomic mass is 16.2. The molecule has 0 radical (unpaired) electrons. The van der Waals surface area contributed by atoms with E-state index in [1.807, 2.05) is 6.08 Å². The van der Waals surface area contributed by atoms with Crippen LogP contribution in [0, 0.1) is 5.92 Å². The molecule has 0 spiro atoms. The summed E-state index contributed by atoms with van der Waals surface area (Å²) < 4.78 is 0. The Hall–Kier alpha value is -0.790. The summed E-state index contributed by atoms with van der Waals surface area (Å²) in [5.74, 6) is 0.750. The van der Waals surface area contributed by atoms with Crippen molar-refractivity contribution in [1.82, 2.24) is 4.90 Å². The van der Waals surface area contributed by atoms with E-state index in [0.29, 0.717) is 24.3 Å². The van der Waals surface area contributed by atoms with Gasteiger partial charge in [-0.2, -0.15) is 0 Å². The number of likely N-dealkylation sites (tertiary alicyclic amines) is 1. The van der Waals surface area contributed by atoms with Crippen molar-refractivity contribution in [2.24, 2.45) is 5.92 Å². The van der Waals surface area contributed by atoms with Crippen LogP contribution in [0.5, 0.6) is 0 Å². The molecule has 1 rings (SSSR count). The van der Waals surface area contributed by atoms with Crippen molar-refractivity contribution in [3.05, 3.63) is 12.7 Å². The van der Waals surface area contributed by atoms with E-state index in [1.165, 1.54) is 0 Å². The van der Waals surface area contributed by atoms with Gasteiger partial charge in [0.1, 0.15) is 0 Å². The second kappa shape index (κ2) is 5.34. The Balaban J connectivity index is 2.69. The number of hydrogen-bond donors (Lipinski definition) is 0. The van der Waals surface area contributed by atoms with Crippen molar-refractivity contribution in [3.63, 3.8) is 0 Å². The number of hydrogen-bond acceptors (Lipinski definition) is 1. The molecule has 1 saturated heterocycles. The molecule has 1 amide bonds. The van der Waals surface area contributed by atoms with Crippen LogP contribution in [0.15, 0.2) is 12.7 Å². The first-order valence-electron chi connectivity index (χ1n) is 6.03. The van der Waals surface area contributed by atoms with Crippen molar-refractivity contribution >= 4 is 5.91 Å². The third kappa shape index (κ3) is 2.83. The fraction of sp³-hybridized carbons (Fsp3) is 0.769. The lowest BCUT2D eigenvalue weighted by Gasteiger charge is -2.29. The Kier molecular flexibility index (Phi) is 4.37. The van der Waals surface area contributed by atoms with Gasteiger partial charge < -0.3 is 4.90 Å². The summed E-state index contributed by atoms with van der Waals surface area (Å²) in [5, 5.41) is 0. The zero-order valence-electron chi connectivity index (χ0n) is 10.2. The van der Waals surface area contributed by atoms with Crippen LogP contribution in [-0.4, -0.2) is 22.9 Å². The second-order valence-corrected chi connectivity index (χ2v) is 4.84. The van der Waals surface area contributed by atoms with E-state index in [1.54, 1.807) is 0 Å². The van der Waals surface area contributed by atoms with E-state index in [4.69, 9.17) is 0 Å². The van der Waals surface area contributed by atoms with Gasteiger partial charge >= 0.3 is 0 Å². The molecule has 2 nitrogen and oxygen atoms in total. The molecule has 1 fully saturated rings. The summed E-state index contributed by atoms with van der Waals surface area (Å²) in [5.41, 5.74) is 0. The van der Waals surface area contributed by atoms with E-state index in [0.717, 1.165) is 19.3 Å². The highest BCUT2D eigenvalue weighted by Crippen LogP contribution is 2.28. The maximum Gasteiger partial charge on any atom is 0.223 e. The minimum atomic E-state index is 0.279. The van der Waals surface area contributed by atoms with Crippen molar-refractivity contribution in [3.8, 4) is 0 Å². The van der Waals surface area contributed by atoms with Gasteiger partial charge in [-0.1, -0.05) is 26.8 Å². The lowest BCUT2D eigenvalue weighted by molar-refractivity contribution is -0.134. The molecule has 0 saturated carbocycles. The van der Waals surface area contributed by atoms with Gasteiger partial charge in [0.2, 0.25) is 5.91 Å². The van der Waals surface area contributed by atoms with Crippen LogP contribution in [0.3, 0.4) is 0 Å². The first-order chi connectivity index (χ1) is 7.10. The topological polar surface area (TPSA) is 20.3 Å². The van der Waals surface area contributed by atoms with Crippen LogP contribution in [0.2, 0.25) is 0 Å². The predicted molar refractivity (Wildman–Crippen MR) is 63.6 cm³/mol. The summed E-state index contributed by atoms with van der Waals surface area (Å²) >= 11 is 0. The van der Waals surface area contributed by atoms with Crippen molar-refractivity contribution in [1.29, 1.82) is 0 Å². The molecule has 0 bridgehead atoms. The first kappa shape index (κ1) is 12.3. The molecule has 0 N–H and O–H groups in total. The standard InChI is InChI=1S/C13H23NO/c1-5-11-7-8-12(6-2)14(11)13(15)9-10(3)4/h5,10-12H,1,6-9H2,2-4H3/t11-,12+/m1/s1. The van der Waals surface area contributed by atoms with E-state index in [9.17, 15) is 4.79 Å². The van der Waals surface area contributed by atoms with Gasteiger partial charge in [0, 0.05) is 12.5 Å². The van der Waals surface area contributed by atoms with Crippen LogP contribution < -0.4 is 0 Å². The normalized spacial score (nSPS) is 26.0. The molecule has 1 aliphatic heterocycles. The van der Waals surface area contributed by atoms with E-state index >= 15 is 0 Å². The maximum absolute atomic E-state index is 12.1. The van der Waals surface area contributed by atoms with Crippen LogP contribution in [-0.2, 0) is 4.79 Å². The predicted octanol–water partition coefficient (Wildman–Crippen LogP) is 2.99. The summed E-state index contributed by atoms with van der Waals surface area (Å²) in [6, 6.07) is 0.723. The fourth-order valence-corrected chi connectivity index (χ4v) is 2.39. The summed E-state index contributed by atoms with van der Waals surface area (Å²) in [4.78, 5) is 14.1. The molecule has 0 aromatic heterocycles. The molecular weight excluding hydrogens is 186 g/mol. The SMILES string of the molecule is C=C[C@@H]1CC[C@H](CC)N1C(=O)CC(C)C. The van der Waals surface area contributed by atoms with Crippen LogP contribution in [0.1, 0.15) is 46.5 Å². The number of nitrogens with zero attached hydrogens (tertiary/aromatic N) is 1. The monoisotopic (exact) mass is 209 g/mol.